The first-order valence-corrected chi connectivity index (χ1v) is 6.11. The third-order valence-corrected chi connectivity index (χ3v) is 3.85. The zero-order valence-corrected chi connectivity index (χ0v) is 10.2. The minimum Gasteiger partial charge on any atom is -0.192 e. The highest BCUT2D eigenvalue weighted by Gasteiger charge is 2.27. The number of nitriles is 1. The van der Waals surface area contributed by atoms with Gasteiger partial charge in [-0.2, -0.15) is 5.26 Å². The summed E-state index contributed by atoms with van der Waals surface area (Å²) in [7, 11) is 0. The van der Waals surface area contributed by atoms with Crippen LogP contribution in [0, 0.1) is 16.7 Å². The largest absolute Gasteiger partial charge is 0.192 e. The highest BCUT2D eigenvalue weighted by atomic mass is 14.3. The van der Waals surface area contributed by atoms with Crippen LogP contribution in [0.5, 0.6) is 0 Å². The number of rotatable bonds is 1. The summed E-state index contributed by atoms with van der Waals surface area (Å²) in [6.07, 6.45) is 5.22. The van der Waals surface area contributed by atoms with Crippen molar-refractivity contribution < 1.29 is 0 Å². The molecule has 0 saturated heterocycles. The average molecular weight is 213 g/mol. The first kappa shape index (κ1) is 11.2. The molecule has 0 radical (unpaired) electrons. The highest BCUT2D eigenvalue weighted by molar-refractivity contribution is 5.33. The van der Waals surface area contributed by atoms with E-state index in [0.717, 1.165) is 5.56 Å². The molecule has 1 saturated carbocycles. The van der Waals surface area contributed by atoms with Gasteiger partial charge in [0, 0.05) is 0 Å². The van der Waals surface area contributed by atoms with Crippen LogP contribution in [0.2, 0.25) is 0 Å². The van der Waals surface area contributed by atoms with Gasteiger partial charge in [-0.25, -0.2) is 0 Å². The van der Waals surface area contributed by atoms with Crippen LogP contribution in [0.15, 0.2) is 24.3 Å². The molecule has 1 aromatic carbocycles. The molecule has 1 heteroatoms. The third kappa shape index (κ3) is 2.44. The van der Waals surface area contributed by atoms with E-state index >= 15 is 0 Å². The molecular formula is C15H19N. The molecule has 1 aliphatic rings. The van der Waals surface area contributed by atoms with Crippen LogP contribution < -0.4 is 0 Å². The number of hydrogen-bond acceptors (Lipinski definition) is 1. The lowest BCUT2D eigenvalue weighted by Gasteiger charge is -2.34. The summed E-state index contributed by atoms with van der Waals surface area (Å²) in [5.41, 5.74) is 2.71. The van der Waals surface area contributed by atoms with Gasteiger partial charge >= 0.3 is 0 Å². The van der Waals surface area contributed by atoms with Crippen LogP contribution in [0.3, 0.4) is 0 Å². The lowest BCUT2D eigenvalue weighted by Crippen LogP contribution is -2.20. The van der Waals surface area contributed by atoms with Gasteiger partial charge in [-0.15, -0.1) is 0 Å². The minimum absolute atomic E-state index is 0.531. The van der Waals surface area contributed by atoms with Crippen molar-refractivity contribution in [2.75, 3.05) is 0 Å². The van der Waals surface area contributed by atoms with Gasteiger partial charge in [-0.3, -0.25) is 0 Å². The summed E-state index contributed by atoms with van der Waals surface area (Å²) in [5, 5.41) is 8.76. The molecule has 1 fully saturated rings. The van der Waals surface area contributed by atoms with Gasteiger partial charge in [-0.05, 0) is 54.7 Å². The van der Waals surface area contributed by atoms with E-state index in [-0.39, 0.29) is 0 Å². The zero-order valence-electron chi connectivity index (χ0n) is 10.2. The van der Waals surface area contributed by atoms with Crippen molar-refractivity contribution in [3.8, 4) is 6.07 Å². The first-order valence-electron chi connectivity index (χ1n) is 6.11. The topological polar surface area (TPSA) is 23.8 Å². The predicted octanol–water partition coefficient (Wildman–Crippen LogP) is 4.24. The Balaban J connectivity index is 2.06. The van der Waals surface area contributed by atoms with E-state index in [9.17, 15) is 0 Å². The Labute approximate surface area is 98.1 Å². The molecule has 0 bridgehead atoms. The smallest absolute Gasteiger partial charge is 0.0991 e. The van der Waals surface area contributed by atoms with Crippen LogP contribution in [0.1, 0.15) is 56.6 Å². The van der Waals surface area contributed by atoms with Crippen LogP contribution in [-0.4, -0.2) is 0 Å². The van der Waals surface area contributed by atoms with E-state index in [0.29, 0.717) is 11.3 Å². The summed E-state index contributed by atoms with van der Waals surface area (Å²) in [5.74, 6) is 0.709. The van der Waals surface area contributed by atoms with Crippen LogP contribution >= 0.6 is 0 Å². The summed E-state index contributed by atoms with van der Waals surface area (Å²) in [6, 6.07) is 10.3. The number of hydrogen-bond donors (Lipinski definition) is 0. The molecular weight excluding hydrogens is 194 g/mol. The Kier molecular flexibility index (Phi) is 3.01. The third-order valence-electron chi connectivity index (χ3n) is 3.85. The van der Waals surface area contributed by atoms with Crippen LogP contribution in [0.25, 0.3) is 0 Å². The zero-order chi connectivity index (χ0) is 11.6. The fourth-order valence-corrected chi connectivity index (χ4v) is 2.56. The normalized spacial score (nSPS) is 20.3. The maximum atomic E-state index is 8.76. The van der Waals surface area contributed by atoms with Crippen molar-refractivity contribution >= 4 is 0 Å². The van der Waals surface area contributed by atoms with Crippen LogP contribution in [-0.2, 0) is 0 Å². The van der Waals surface area contributed by atoms with Gasteiger partial charge in [0.15, 0.2) is 0 Å². The van der Waals surface area contributed by atoms with E-state index in [1.807, 2.05) is 12.1 Å². The van der Waals surface area contributed by atoms with Gasteiger partial charge in [-0.1, -0.05) is 26.0 Å². The Bertz CT molecular complexity index is 384. The maximum absolute atomic E-state index is 8.76. The lowest BCUT2D eigenvalue weighted by molar-refractivity contribution is 0.224. The van der Waals surface area contributed by atoms with Gasteiger partial charge in [0.2, 0.25) is 0 Å². The molecule has 1 aromatic rings. The van der Waals surface area contributed by atoms with Crippen molar-refractivity contribution in [1.29, 1.82) is 5.26 Å². The average Bonchev–Trinajstić information content (AvgIpc) is 2.29. The Morgan fingerprint density at radius 1 is 1.12 bits per heavy atom. The molecule has 1 aliphatic carbocycles. The summed E-state index contributed by atoms with van der Waals surface area (Å²) in [4.78, 5) is 0. The van der Waals surface area contributed by atoms with Gasteiger partial charge in [0.1, 0.15) is 0 Å². The second-order valence-electron chi connectivity index (χ2n) is 5.67. The van der Waals surface area contributed by atoms with E-state index in [1.165, 1.54) is 31.2 Å². The molecule has 0 amide bonds. The second kappa shape index (κ2) is 4.29. The van der Waals surface area contributed by atoms with Gasteiger partial charge in [0.05, 0.1) is 11.6 Å². The second-order valence-corrected chi connectivity index (χ2v) is 5.67. The van der Waals surface area contributed by atoms with Crippen molar-refractivity contribution in [2.24, 2.45) is 5.41 Å². The molecule has 0 N–H and O–H groups in total. The number of nitrogens with zero attached hydrogens (tertiary/aromatic N) is 1. The van der Waals surface area contributed by atoms with E-state index < -0.39 is 0 Å². The van der Waals surface area contributed by atoms with E-state index in [4.69, 9.17) is 5.26 Å². The van der Waals surface area contributed by atoms with E-state index in [2.05, 4.69) is 32.0 Å². The molecule has 0 atom stereocenters. The minimum atomic E-state index is 0.531. The van der Waals surface area contributed by atoms with Crippen molar-refractivity contribution in [2.45, 2.75) is 45.4 Å². The molecule has 0 heterocycles. The summed E-state index contributed by atoms with van der Waals surface area (Å²) >= 11 is 0. The fraction of sp³-hybridized carbons (Fsp3) is 0.533. The lowest BCUT2D eigenvalue weighted by atomic mass is 9.71. The van der Waals surface area contributed by atoms with Gasteiger partial charge in [0.25, 0.3) is 0 Å². The molecule has 0 aromatic heterocycles. The molecule has 16 heavy (non-hydrogen) atoms. The predicted molar refractivity (Wildman–Crippen MR) is 66.1 cm³/mol. The Morgan fingerprint density at radius 2 is 1.69 bits per heavy atom. The fourth-order valence-electron chi connectivity index (χ4n) is 2.56. The monoisotopic (exact) mass is 213 g/mol. The molecule has 0 unspecified atom stereocenters. The quantitative estimate of drug-likeness (QED) is 0.684. The maximum Gasteiger partial charge on any atom is 0.0991 e. The standard InChI is InChI=1S/C15H19N/c1-15(2)9-7-14(8-10-15)13-5-3-12(11-16)4-6-13/h3-6,14H,7-10H2,1-2H3. The summed E-state index contributed by atoms with van der Waals surface area (Å²) < 4.78 is 0. The molecule has 0 aliphatic heterocycles. The van der Waals surface area contributed by atoms with Crippen molar-refractivity contribution in [1.82, 2.24) is 0 Å². The Hall–Kier alpha value is -1.29. The Morgan fingerprint density at radius 3 is 2.19 bits per heavy atom. The number of benzene rings is 1. The molecule has 2 rings (SSSR count). The molecule has 0 spiro atoms. The van der Waals surface area contributed by atoms with E-state index in [1.54, 1.807) is 0 Å². The van der Waals surface area contributed by atoms with Gasteiger partial charge < -0.3 is 0 Å². The molecule has 84 valence electrons. The summed E-state index contributed by atoms with van der Waals surface area (Å²) in [6.45, 7) is 4.73. The highest BCUT2D eigenvalue weighted by Crippen LogP contribution is 2.42. The molecule has 1 nitrogen and oxygen atoms in total. The van der Waals surface area contributed by atoms with Crippen LogP contribution in [0.4, 0.5) is 0 Å². The first-order chi connectivity index (χ1) is 7.61. The van der Waals surface area contributed by atoms with Crippen molar-refractivity contribution in [3.05, 3.63) is 35.4 Å². The SMILES string of the molecule is CC1(C)CCC(c2ccc(C#N)cc2)CC1. The van der Waals surface area contributed by atoms with Crippen molar-refractivity contribution in [3.63, 3.8) is 0 Å².